The molecule has 0 fully saturated rings. The average molecular weight is 252 g/mol. The molecule has 0 aliphatic heterocycles. The third-order valence-corrected chi connectivity index (χ3v) is 3.13. The van der Waals surface area contributed by atoms with E-state index in [-0.39, 0.29) is 18.9 Å². The summed E-state index contributed by atoms with van der Waals surface area (Å²) in [4.78, 5) is 22.6. The van der Waals surface area contributed by atoms with Crippen LogP contribution < -0.4 is 4.72 Å². The van der Waals surface area contributed by atoms with Crippen LogP contribution in [0.2, 0.25) is 0 Å². The number of carboxylic acids is 1. The first-order valence-electron chi connectivity index (χ1n) is 4.64. The lowest BCUT2D eigenvalue weighted by molar-refractivity contribution is -0.136. The van der Waals surface area contributed by atoms with Crippen molar-refractivity contribution in [3.8, 4) is 0 Å². The zero-order chi connectivity index (χ0) is 12.8. The van der Waals surface area contributed by atoms with Crippen LogP contribution in [0.3, 0.4) is 0 Å². The number of sulfonamides is 1. The highest BCUT2D eigenvalue weighted by molar-refractivity contribution is 7.89. The molecule has 0 aromatic rings. The van der Waals surface area contributed by atoms with Crippen LogP contribution in [0.5, 0.6) is 0 Å². The second-order valence-corrected chi connectivity index (χ2v) is 5.32. The number of rotatable bonds is 7. The molecule has 0 heterocycles. The molecule has 0 aliphatic rings. The van der Waals surface area contributed by atoms with Crippen LogP contribution in [0.1, 0.15) is 12.8 Å². The Labute approximate surface area is 94.5 Å². The van der Waals surface area contributed by atoms with Crippen LogP contribution in [0.4, 0.5) is 0 Å². The van der Waals surface area contributed by atoms with Crippen molar-refractivity contribution in [1.29, 1.82) is 0 Å². The molecule has 0 unspecified atom stereocenters. The van der Waals surface area contributed by atoms with Gasteiger partial charge in [-0.05, 0) is 0 Å². The summed E-state index contributed by atoms with van der Waals surface area (Å²) < 4.78 is 24.5. The van der Waals surface area contributed by atoms with Crippen LogP contribution in [0.15, 0.2) is 0 Å². The fourth-order valence-electron chi connectivity index (χ4n) is 0.831. The van der Waals surface area contributed by atoms with Crippen molar-refractivity contribution in [2.75, 3.05) is 26.4 Å². The molecule has 0 spiro atoms. The van der Waals surface area contributed by atoms with Crippen LogP contribution in [-0.2, 0) is 19.6 Å². The topological polar surface area (TPSA) is 104 Å². The number of amides is 1. The third kappa shape index (κ3) is 7.18. The van der Waals surface area contributed by atoms with E-state index < -0.39 is 28.2 Å². The molecule has 8 heteroatoms. The van der Waals surface area contributed by atoms with Gasteiger partial charge in [0.2, 0.25) is 15.9 Å². The average Bonchev–Trinajstić information content (AvgIpc) is 2.14. The van der Waals surface area contributed by atoms with E-state index >= 15 is 0 Å². The Kier molecular flexibility index (Phi) is 5.97. The molecule has 0 aromatic carbocycles. The lowest BCUT2D eigenvalue weighted by Gasteiger charge is -2.10. The van der Waals surface area contributed by atoms with Gasteiger partial charge < -0.3 is 10.0 Å². The summed E-state index contributed by atoms with van der Waals surface area (Å²) in [5.41, 5.74) is 0. The van der Waals surface area contributed by atoms with Gasteiger partial charge in [0.1, 0.15) is 0 Å². The Morgan fingerprint density at radius 3 is 2.25 bits per heavy atom. The Bertz CT molecular complexity index is 349. The van der Waals surface area contributed by atoms with E-state index in [1.54, 1.807) is 14.1 Å². The van der Waals surface area contributed by atoms with E-state index in [1.807, 2.05) is 0 Å². The molecule has 1 amide bonds. The number of hydrogen-bond acceptors (Lipinski definition) is 4. The fraction of sp³-hybridized carbons (Fsp3) is 0.750. The SMILES string of the molecule is CN(C)C(=O)CCNS(=O)(=O)CCC(=O)O. The van der Waals surface area contributed by atoms with Gasteiger partial charge in [-0.2, -0.15) is 0 Å². The second kappa shape index (κ2) is 6.44. The number of carbonyl (C=O) groups is 2. The van der Waals surface area contributed by atoms with E-state index in [4.69, 9.17) is 5.11 Å². The van der Waals surface area contributed by atoms with Crippen LogP contribution in [-0.4, -0.2) is 56.7 Å². The number of carbonyl (C=O) groups excluding carboxylic acids is 1. The molecule has 16 heavy (non-hydrogen) atoms. The van der Waals surface area contributed by atoms with Gasteiger partial charge in [-0.15, -0.1) is 0 Å². The van der Waals surface area contributed by atoms with E-state index in [1.165, 1.54) is 4.90 Å². The van der Waals surface area contributed by atoms with Gasteiger partial charge in [0.15, 0.2) is 0 Å². The molecule has 0 saturated carbocycles. The van der Waals surface area contributed by atoms with Crippen LogP contribution in [0, 0.1) is 0 Å². The zero-order valence-corrected chi connectivity index (χ0v) is 10.1. The Morgan fingerprint density at radius 1 is 1.25 bits per heavy atom. The molecule has 94 valence electrons. The molecular weight excluding hydrogens is 236 g/mol. The van der Waals surface area contributed by atoms with Crippen molar-refractivity contribution in [2.24, 2.45) is 0 Å². The molecular formula is C8H16N2O5S. The first kappa shape index (κ1) is 14.8. The predicted molar refractivity (Wildman–Crippen MR) is 57.4 cm³/mol. The summed E-state index contributed by atoms with van der Waals surface area (Å²) in [6.45, 7) is -0.0149. The second-order valence-electron chi connectivity index (χ2n) is 3.40. The zero-order valence-electron chi connectivity index (χ0n) is 9.26. The van der Waals surface area contributed by atoms with E-state index in [2.05, 4.69) is 4.72 Å². The number of hydrogen-bond donors (Lipinski definition) is 2. The Morgan fingerprint density at radius 2 is 1.81 bits per heavy atom. The molecule has 7 nitrogen and oxygen atoms in total. The summed E-state index contributed by atoms with van der Waals surface area (Å²) in [5, 5.41) is 8.31. The van der Waals surface area contributed by atoms with Crippen molar-refractivity contribution in [1.82, 2.24) is 9.62 Å². The normalized spacial score (nSPS) is 11.1. The van der Waals surface area contributed by atoms with Crippen molar-refractivity contribution < 1.29 is 23.1 Å². The fourth-order valence-corrected chi connectivity index (χ4v) is 1.83. The maximum absolute atomic E-state index is 11.2. The van der Waals surface area contributed by atoms with E-state index in [9.17, 15) is 18.0 Å². The first-order valence-corrected chi connectivity index (χ1v) is 6.29. The molecule has 0 radical (unpaired) electrons. The van der Waals surface area contributed by atoms with Crippen molar-refractivity contribution in [3.05, 3.63) is 0 Å². The lowest BCUT2D eigenvalue weighted by atomic mass is 10.4. The van der Waals surface area contributed by atoms with Gasteiger partial charge in [-0.1, -0.05) is 0 Å². The number of nitrogens with zero attached hydrogens (tertiary/aromatic N) is 1. The summed E-state index contributed by atoms with van der Waals surface area (Å²) in [6.07, 6.45) is -0.393. The highest BCUT2D eigenvalue weighted by atomic mass is 32.2. The molecule has 0 aromatic heterocycles. The highest BCUT2D eigenvalue weighted by Gasteiger charge is 2.13. The first-order chi connectivity index (χ1) is 7.24. The maximum atomic E-state index is 11.2. The minimum Gasteiger partial charge on any atom is -0.481 e. The van der Waals surface area contributed by atoms with E-state index in [0.29, 0.717) is 0 Å². The van der Waals surface area contributed by atoms with Gasteiger partial charge in [0.25, 0.3) is 0 Å². The molecule has 0 saturated heterocycles. The van der Waals surface area contributed by atoms with Crippen LogP contribution >= 0.6 is 0 Å². The highest BCUT2D eigenvalue weighted by Crippen LogP contribution is 1.92. The van der Waals surface area contributed by atoms with Crippen molar-refractivity contribution in [2.45, 2.75) is 12.8 Å². The molecule has 2 N–H and O–H groups in total. The molecule has 0 bridgehead atoms. The largest absolute Gasteiger partial charge is 0.481 e. The number of nitrogens with one attached hydrogen (secondary N) is 1. The maximum Gasteiger partial charge on any atom is 0.304 e. The lowest BCUT2D eigenvalue weighted by Crippen LogP contribution is -2.32. The van der Waals surface area contributed by atoms with Crippen molar-refractivity contribution in [3.63, 3.8) is 0 Å². The van der Waals surface area contributed by atoms with Crippen LogP contribution in [0.25, 0.3) is 0 Å². The van der Waals surface area contributed by atoms with Gasteiger partial charge in [0, 0.05) is 27.1 Å². The standard InChI is InChI=1S/C8H16N2O5S/c1-10(2)7(11)3-5-9-16(14,15)6-4-8(12)13/h9H,3-6H2,1-2H3,(H,12,13). The smallest absolute Gasteiger partial charge is 0.304 e. The monoisotopic (exact) mass is 252 g/mol. The van der Waals surface area contributed by atoms with Gasteiger partial charge >= 0.3 is 5.97 Å². The van der Waals surface area contributed by atoms with Gasteiger partial charge in [0.05, 0.1) is 12.2 Å². The summed E-state index contributed by atoms with van der Waals surface area (Å²) in [6, 6.07) is 0. The minimum absolute atomic E-state index is 0.0149. The predicted octanol–water partition coefficient (Wildman–Crippen LogP) is -1.14. The minimum atomic E-state index is -3.60. The summed E-state index contributed by atoms with van der Waals surface area (Å²) in [7, 11) is -0.458. The summed E-state index contributed by atoms with van der Waals surface area (Å²) in [5.74, 6) is -1.84. The number of carboxylic acid groups (broad SMARTS) is 1. The molecule has 0 atom stereocenters. The number of aliphatic carboxylic acids is 1. The third-order valence-electron chi connectivity index (χ3n) is 1.74. The van der Waals surface area contributed by atoms with Crippen molar-refractivity contribution >= 4 is 21.9 Å². The Balaban J connectivity index is 3.92. The Hall–Kier alpha value is -1.15. The van der Waals surface area contributed by atoms with Gasteiger partial charge in [-0.25, -0.2) is 13.1 Å². The van der Waals surface area contributed by atoms with Gasteiger partial charge in [-0.3, -0.25) is 9.59 Å². The quantitative estimate of drug-likeness (QED) is 0.596. The molecule has 0 aliphatic carbocycles. The molecule has 0 rings (SSSR count). The van der Waals surface area contributed by atoms with E-state index in [0.717, 1.165) is 0 Å². The summed E-state index contributed by atoms with van der Waals surface area (Å²) >= 11 is 0.